The molecular formula is C12H17NO. The van der Waals surface area contributed by atoms with Gasteiger partial charge in [-0.3, -0.25) is 0 Å². The standard InChI is InChI=1S/C12H17NO/c1-12(10-6-3-2-4-7-10)11(14)8-5-9-13-12/h2-4,6-7,11,13-14H,5,8-9H2,1H3. The fraction of sp³-hybridized carbons (Fsp3) is 0.500. The molecule has 1 heterocycles. The lowest BCUT2D eigenvalue weighted by Crippen LogP contribution is -2.53. The van der Waals surface area contributed by atoms with Gasteiger partial charge in [0.2, 0.25) is 0 Å². The Morgan fingerprint density at radius 2 is 2.07 bits per heavy atom. The van der Waals surface area contributed by atoms with Crippen molar-refractivity contribution in [3.63, 3.8) is 0 Å². The minimum atomic E-state index is -0.279. The third-order valence-electron chi connectivity index (χ3n) is 3.19. The van der Waals surface area contributed by atoms with Gasteiger partial charge in [-0.15, -0.1) is 0 Å². The van der Waals surface area contributed by atoms with Crippen LogP contribution in [0.1, 0.15) is 25.3 Å². The lowest BCUT2D eigenvalue weighted by molar-refractivity contribution is 0.0385. The molecule has 1 aromatic rings. The number of hydrogen-bond donors (Lipinski definition) is 2. The summed E-state index contributed by atoms with van der Waals surface area (Å²) in [6.07, 6.45) is 1.67. The van der Waals surface area contributed by atoms with Crippen LogP contribution >= 0.6 is 0 Å². The van der Waals surface area contributed by atoms with Crippen LogP contribution in [0.2, 0.25) is 0 Å². The second-order valence-electron chi connectivity index (χ2n) is 4.15. The highest BCUT2D eigenvalue weighted by atomic mass is 16.3. The van der Waals surface area contributed by atoms with Gasteiger partial charge < -0.3 is 10.4 Å². The van der Waals surface area contributed by atoms with Gasteiger partial charge in [-0.1, -0.05) is 30.3 Å². The maximum atomic E-state index is 10.0. The Balaban J connectivity index is 2.30. The summed E-state index contributed by atoms with van der Waals surface area (Å²) in [7, 11) is 0. The van der Waals surface area contributed by atoms with Crippen LogP contribution in [0.3, 0.4) is 0 Å². The molecule has 14 heavy (non-hydrogen) atoms. The Morgan fingerprint density at radius 3 is 2.71 bits per heavy atom. The van der Waals surface area contributed by atoms with E-state index < -0.39 is 0 Å². The van der Waals surface area contributed by atoms with E-state index in [2.05, 4.69) is 24.4 Å². The Morgan fingerprint density at radius 1 is 1.36 bits per heavy atom. The maximum Gasteiger partial charge on any atom is 0.0761 e. The third-order valence-corrected chi connectivity index (χ3v) is 3.19. The normalized spacial score (nSPS) is 32.9. The maximum absolute atomic E-state index is 10.0. The van der Waals surface area contributed by atoms with E-state index in [1.165, 1.54) is 5.56 Å². The number of aliphatic hydroxyl groups excluding tert-OH is 1. The molecule has 2 atom stereocenters. The second-order valence-corrected chi connectivity index (χ2v) is 4.15. The van der Waals surface area contributed by atoms with Crippen molar-refractivity contribution in [1.29, 1.82) is 0 Å². The highest BCUT2D eigenvalue weighted by Crippen LogP contribution is 2.29. The molecule has 76 valence electrons. The topological polar surface area (TPSA) is 32.3 Å². The first-order valence-corrected chi connectivity index (χ1v) is 5.22. The number of piperidine rings is 1. The molecule has 2 unspecified atom stereocenters. The molecule has 1 aromatic carbocycles. The molecule has 0 spiro atoms. The SMILES string of the molecule is CC1(c2ccccc2)NCCCC1O. The molecular weight excluding hydrogens is 174 g/mol. The van der Waals surface area contributed by atoms with Crippen molar-refractivity contribution in [2.24, 2.45) is 0 Å². The number of aliphatic hydroxyl groups is 1. The first-order chi connectivity index (χ1) is 6.73. The fourth-order valence-corrected chi connectivity index (χ4v) is 2.13. The van der Waals surface area contributed by atoms with E-state index in [4.69, 9.17) is 0 Å². The molecule has 1 saturated heterocycles. The molecule has 2 N–H and O–H groups in total. The van der Waals surface area contributed by atoms with Crippen LogP contribution in [0.4, 0.5) is 0 Å². The molecule has 1 fully saturated rings. The highest BCUT2D eigenvalue weighted by molar-refractivity contribution is 5.25. The van der Waals surface area contributed by atoms with E-state index in [1.807, 2.05) is 18.2 Å². The van der Waals surface area contributed by atoms with Crippen LogP contribution in [0.15, 0.2) is 30.3 Å². The van der Waals surface area contributed by atoms with Crippen molar-refractivity contribution >= 4 is 0 Å². The fourth-order valence-electron chi connectivity index (χ4n) is 2.13. The van der Waals surface area contributed by atoms with Gasteiger partial charge in [0.05, 0.1) is 11.6 Å². The van der Waals surface area contributed by atoms with Crippen molar-refractivity contribution in [1.82, 2.24) is 5.32 Å². The zero-order valence-electron chi connectivity index (χ0n) is 8.53. The summed E-state index contributed by atoms with van der Waals surface area (Å²) < 4.78 is 0. The van der Waals surface area contributed by atoms with Crippen molar-refractivity contribution in [2.75, 3.05) is 6.54 Å². The quantitative estimate of drug-likeness (QED) is 0.707. The molecule has 0 aromatic heterocycles. The Kier molecular flexibility index (Phi) is 2.57. The summed E-state index contributed by atoms with van der Waals surface area (Å²) in [5.74, 6) is 0. The van der Waals surface area contributed by atoms with Gasteiger partial charge in [0.1, 0.15) is 0 Å². The lowest BCUT2D eigenvalue weighted by atomic mass is 9.81. The number of rotatable bonds is 1. The van der Waals surface area contributed by atoms with Gasteiger partial charge in [-0.25, -0.2) is 0 Å². The molecule has 0 saturated carbocycles. The van der Waals surface area contributed by atoms with E-state index >= 15 is 0 Å². The summed E-state index contributed by atoms with van der Waals surface area (Å²) in [4.78, 5) is 0. The Labute approximate surface area is 85.0 Å². The summed E-state index contributed by atoms with van der Waals surface area (Å²) in [6, 6.07) is 10.2. The lowest BCUT2D eigenvalue weighted by Gasteiger charge is -2.40. The molecule has 2 heteroatoms. The number of hydrogen-bond acceptors (Lipinski definition) is 2. The van der Waals surface area contributed by atoms with Crippen LogP contribution in [-0.2, 0) is 5.54 Å². The van der Waals surface area contributed by atoms with E-state index in [1.54, 1.807) is 0 Å². The van der Waals surface area contributed by atoms with E-state index in [0.717, 1.165) is 19.4 Å². The minimum Gasteiger partial charge on any atom is -0.391 e. The third kappa shape index (κ3) is 1.56. The average molecular weight is 191 g/mol. The number of nitrogens with one attached hydrogen (secondary N) is 1. The van der Waals surface area contributed by atoms with Crippen molar-refractivity contribution in [2.45, 2.75) is 31.4 Å². The van der Waals surface area contributed by atoms with Crippen LogP contribution < -0.4 is 5.32 Å². The van der Waals surface area contributed by atoms with Crippen LogP contribution in [0.5, 0.6) is 0 Å². The largest absolute Gasteiger partial charge is 0.391 e. The van der Waals surface area contributed by atoms with Crippen molar-refractivity contribution in [3.8, 4) is 0 Å². The summed E-state index contributed by atoms with van der Waals surface area (Å²) in [6.45, 7) is 3.06. The predicted molar refractivity (Wildman–Crippen MR) is 57.0 cm³/mol. The smallest absolute Gasteiger partial charge is 0.0761 e. The summed E-state index contributed by atoms with van der Waals surface area (Å²) in [5, 5.41) is 13.4. The minimum absolute atomic E-state index is 0.264. The van der Waals surface area contributed by atoms with E-state index in [9.17, 15) is 5.11 Å². The predicted octanol–water partition coefficient (Wildman–Crippen LogP) is 1.65. The van der Waals surface area contributed by atoms with Crippen LogP contribution in [0.25, 0.3) is 0 Å². The molecule has 2 nitrogen and oxygen atoms in total. The second kappa shape index (κ2) is 3.71. The highest BCUT2D eigenvalue weighted by Gasteiger charge is 2.36. The monoisotopic (exact) mass is 191 g/mol. The van der Waals surface area contributed by atoms with Gasteiger partial charge >= 0.3 is 0 Å². The first-order valence-electron chi connectivity index (χ1n) is 5.22. The zero-order valence-corrected chi connectivity index (χ0v) is 8.53. The van der Waals surface area contributed by atoms with Gasteiger partial charge in [-0.05, 0) is 31.9 Å². The first kappa shape index (κ1) is 9.69. The van der Waals surface area contributed by atoms with Crippen molar-refractivity contribution < 1.29 is 5.11 Å². The Bertz CT molecular complexity index is 298. The van der Waals surface area contributed by atoms with Gasteiger partial charge in [-0.2, -0.15) is 0 Å². The molecule has 2 rings (SSSR count). The van der Waals surface area contributed by atoms with E-state index in [0.29, 0.717) is 0 Å². The summed E-state index contributed by atoms with van der Waals surface area (Å²) >= 11 is 0. The molecule has 0 aliphatic carbocycles. The summed E-state index contributed by atoms with van der Waals surface area (Å²) in [5.41, 5.74) is 0.909. The molecule has 0 radical (unpaired) electrons. The Hall–Kier alpha value is -0.860. The van der Waals surface area contributed by atoms with Crippen LogP contribution in [-0.4, -0.2) is 17.8 Å². The average Bonchev–Trinajstić information content (AvgIpc) is 2.24. The van der Waals surface area contributed by atoms with Gasteiger partial charge in [0.25, 0.3) is 0 Å². The number of benzene rings is 1. The zero-order chi connectivity index (χ0) is 10.0. The van der Waals surface area contributed by atoms with Crippen molar-refractivity contribution in [3.05, 3.63) is 35.9 Å². The van der Waals surface area contributed by atoms with E-state index in [-0.39, 0.29) is 11.6 Å². The van der Waals surface area contributed by atoms with Crippen LogP contribution in [0, 0.1) is 0 Å². The van der Waals surface area contributed by atoms with Gasteiger partial charge in [0, 0.05) is 0 Å². The molecule has 0 bridgehead atoms. The molecule has 1 aliphatic rings. The molecule has 1 aliphatic heterocycles. The van der Waals surface area contributed by atoms with Gasteiger partial charge in [0.15, 0.2) is 0 Å². The molecule has 0 amide bonds.